The van der Waals surface area contributed by atoms with Crippen molar-refractivity contribution in [2.75, 3.05) is 12.4 Å². The minimum atomic E-state index is -0.534. The molecule has 2 amide bonds. The Bertz CT molecular complexity index is 795. The van der Waals surface area contributed by atoms with E-state index in [0.717, 1.165) is 5.69 Å². The molecular formula is C16H23ClN6O2. The van der Waals surface area contributed by atoms with Crippen molar-refractivity contribution in [2.24, 2.45) is 0 Å². The van der Waals surface area contributed by atoms with E-state index >= 15 is 0 Å². The molecule has 1 atom stereocenters. The summed E-state index contributed by atoms with van der Waals surface area (Å²) in [6.07, 6.45) is 2.17. The van der Waals surface area contributed by atoms with Gasteiger partial charge in [-0.05, 0) is 27.2 Å². The largest absolute Gasteiger partial charge is 0.354 e. The van der Waals surface area contributed by atoms with Crippen LogP contribution in [-0.2, 0) is 11.3 Å². The Hall–Kier alpha value is -2.35. The molecule has 0 spiro atoms. The van der Waals surface area contributed by atoms with Crippen molar-refractivity contribution in [3.05, 3.63) is 28.3 Å². The summed E-state index contributed by atoms with van der Waals surface area (Å²) in [4.78, 5) is 24.8. The molecular weight excluding hydrogens is 344 g/mol. The van der Waals surface area contributed by atoms with E-state index in [-0.39, 0.29) is 17.5 Å². The van der Waals surface area contributed by atoms with E-state index in [9.17, 15) is 9.59 Å². The predicted octanol–water partition coefficient (Wildman–Crippen LogP) is 2.32. The molecule has 0 bridgehead atoms. The minimum Gasteiger partial charge on any atom is -0.354 e. The Labute approximate surface area is 151 Å². The quantitative estimate of drug-likeness (QED) is 0.820. The lowest BCUT2D eigenvalue weighted by Gasteiger charge is -2.17. The summed E-state index contributed by atoms with van der Waals surface area (Å²) in [5.41, 5.74) is 1.96. The highest BCUT2D eigenvalue weighted by Gasteiger charge is 2.25. The van der Waals surface area contributed by atoms with Gasteiger partial charge in [0.1, 0.15) is 6.04 Å². The monoisotopic (exact) mass is 366 g/mol. The molecule has 8 nitrogen and oxygen atoms in total. The molecule has 0 radical (unpaired) electrons. The number of amides is 2. The third-order valence-corrected chi connectivity index (χ3v) is 4.55. The van der Waals surface area contributed by atoms with Gasteiger partial charge in [-0.2, -0.15) is 10.2 Å². The molecule has 2 N–H and O–H groups in total. The summed E-state index contributed by atoms with van der Waals surface area (Å²) in [6, 6.07) is -0.534. The van der Waals surface area contributed by atoms with Gasteiger partial charge in [0.15, 0.2) is 5.69 Å². The van der Waals surface area contributed by atoms with Crippen molar-refractivity contribution in [3.63, 3.8) is 0 Å². The van der Waals surface area contributed by atoms with Crippen LogP contribution in [0.1, 0.15) is 48.2 Å². The number of nitrogens with zero attached hydrogens (tertiary/aromatic N) is 4. The first kappa shape index (κ1) is 19.0. The van der Waals surface area contributed by atoms with E-state index in [1.807, 2.05) is 20.8 Å². The highest BCUT2D eigenvalue weighted by atomic mass is 35.5. The molecule has 0 aliphatic heterocycles. The molecule has 136 valence electrons. The summed E-state index contributed by atoms with van der Waals surface area (Å²) >= 11 is 6.19. The molecule has 0 fully saturated rings. The Kier molecular flexibility index (Phi) is 5.84. The second-order valence-electron chi connectivity index (χ2n) is 5.67. The number of rotatable bonds is 6. The van der Waals surface area contributed by atoms with Gasteiger partial charge in [-0.3, -0.25) is 19.0 Å². The molecule has 2 rings (SSSR count). The standard InChI is InChI=1S/C16H23ClN6O2/c1-6-12(23-10(4)13(17)9(3)20-23)15(24)19-11-8-22(7-2)21-14(11)16(25)18-5/h8,12H,6-7H2,1-5H3,(H,18,25)(H,19,24). The molecule has 2 heterocycles. The first-order chi connectivity index (χ1) is 11.8. The third kappa shape index (κ3) is 3.68. The molecule has 0 aliphatic rings. The van der Waals surface area contributed by atoms with Gasteiger partial charge in [0.05, 0.1) is 22.1 Å². The van der Waals surface area contributed by atoms with E-state index in [4.69, 9.17) is 11.6 Å². The molecule has 25 heavy (non-hydrogen) atoms. The highest BCUT2D eigenvalue weighted by Crippen LogP contribution is 2.25. The maximum Gasteiger partial charge on any atom is 0.273 e. The number of carbonyl (C=O) groups is 2. The molecule has 0 saturated heterocycles. The van der Waals surface area contributed by atoms with Crippen LogP contribution in [0.25, 0.3) is 0 Å². The molecule has 0 saturated carbocycles. The van der Waals surface area contributed by atoms with Crippen LogP contribution in [0.2, 0.25) is 5.02 Å². The van der Waals surface area contributed by atoms with Crippen LogP contribution < -0.4 is 10.6 Å². The number of halogens is 1. The fourth-order valence-corrected chi connectivity index (χ4v) is 2.72. The van der Waals surface area contributed by atoms with E-state index < -0.39 is 6.04 Å². The average Bonchev–Trinajstić information content (AvgIpc) is 3.11. The number of anilines is 1. The van der Waals surface area contributed by atoms with Crippen molar-refractivity contribution < 1.29 is 9.59 Å². The van der Waals surface area contributed by atoms with Crippen LogP contribution in [-0.4, -0.2) is 38.4 Å². The number of hydrogen-bond acceptors (Lipinski definition) is 4. The maximum atomic E-state index is 12.8. The summed E-state index contributed by atoms with van der Waals surface area (Å²) in [5.74, 6) is -0.629. The lowest BCUT2D eigenvalue weighted by Crippen LogP contribution is -2.28. The highest BCUT2D eigenvalue weighted by molar-refractivity contribution is 6.31. The van der Waals surface area contributed by atoms with Crippen LogP contribution in [0, 0.1) is 13.8 Å². The van der Waals surface area contributed by atoms with Crippen molar-refractivity contribution in [1.29, 1.82) is 0 Å². The summed E-state index contributed by atoms with van der Waals surface area (Å²) < 4.78 is 3.22. The van der Waals surface area contributed by atoms with Crippen LogP contribution in [0.15, 0.2) is 6.20 Å². The Morgan fingerprint density at radius 2 is 1.96 bits per heavy atom. The van der Waals surface area contributed by atoms with Crippen LogP contribution in [0.4, 0.5) is 5.69 Å². The van der Waals surface area contributed by atoms with Gasteiger partial charge in [-0.1, -0.05) is 18.5 Å². The van der Waals surface area contributed by atoms with Gasteiger partial charge in [0.2, 0.25) is 5.91 Å². The van der Waals surface area contributed by atoms with Gasteiger partial charge in [0.25, 0.3) is 5.91 Å². The Morgan fingerprint density at radius 3 is 2.44 bits per heavy atom. The molecule has 2 aromatic rings. The van der Waals surface area contributed by atoms with E-state index in [2.05, 4.69) is 20.8 Å². The minimum absolute atomic E-state index is 0.180. The van der Waals surface area contributed by atoms with Gasteiger partial charge >= 0.3 is 0 Å². The topological polar surface area (TPSA) is 93.8 Å². The molecule has 0 aromatic carbocycles. The van der Waals surface area contributed by atoms with Crippen molar-refractivity contribution in [1.82, 2.24) is 24.9 Å². The summed E-state index contributed by atoms with van der Waals surface area (Å²) in [7, 11) is 1.52. The number of nitrogens with one attached hydrogen (secondary N) is 2. The first-order valence-corrected chi connectivity index (χ1v) is 8.53. The number of hydrogen-bond donors (Lipinski definition) is 2. The van der Waals surface area contributed by atoms with Gasteiger partial charge < -0.3 is 10.6 Å². The molecule has 1 unspecified atom stereocenters. The van der Waals surface area contributed by atoms with Crippen molar-refractivity contribution in [2.45, 2.75) is 46.7 Å². The number of aromatic nitrogens is 4. The predicted molar refractivity (Wildman–Crippen MR) is 96.0 cm³/mol. The number of carbonyl (C=O) groups excluding carboxylic acids is 2. The Morgan fingerprint density at radius 1 is 1.28 bits per heavy atom. The zero-order valence-corrected chi connectivity index (χ0v) is 15.8. The second kappa shape index (κ2) is 7.69. The van der Waals surface area contributed by atoms with E-state index in [0.29, 0.717) is 29.4 Å². The smallest absolute Gasteiger partial charge is 0.273 e. The summed E-state index contributed by atoms with van der Waals surface area (Å²) in [6.45, 7) is 8.00. The Balaban J connectivity index is 2.32. The van der Waals surface area contributed by atoms with Crippen LogP contribution >= 0.6 is 11.6 Å². The van der Waals surface area contributed by atoms with Crippen LogP contribution in [0.5, 0.6) is 0 Å². The van der Waals surface area contributed by atoms with E-state index in [1.54, 1.807) is 22.5 Å². The van der Waals surface area contributed by atoms with Gasteiger partial charge in [-0.25, -0.2) is 0 Å². The maximum absolute atomic E-state index is 12.8. The van der Waals surface area contributed by atoms with Crippen molar-refractivity contribution >= 4 is 29.1 Å². The van der Waals surface area contributed by atoms with E-state index in [1.165, 1.54) is 7.05 Å². The first-order valence-electron chi connectivity index (χ1n) is 8.15. The molecule has 9 heteroatoms. The van der Waals surface area contributed by atoms with Gasteiger partial charge in [-0.15, -0.1) is 0 Å². The number of aryl methyl sites for hydroxylation is 2. The fraction of sp³-hybridized carbons (Fsp3) is 0.500. The van der Waals surface area contributed by atoms with Crippen LogP contribution in [0.3, 0.4) is 0 Å². The van der Waals surface area contributed by atoms with Crippen molar-refractivity contribution in [3.8, 4) is 0 Å². The summed E-state index contributed by atoms with van der Waals surface area (Å²) in [5, 5.41) is 14.4. The molecule has 2 aromatic heterocycles. The lowest BCUT2D eigenvalue weighted by atomic mass is 10.2. The SMILES string of the molecule is CCC(C(=O)Nc1cn(CC)nc1C(=O)NC)n1nc(C)c(Cl)c1C. The zero-order chi connectivity index (χ0) is 18.7. The third-order valence-electron chi connectivity index (χ3n) is 4.01. The second-order valence-corrected chi connectivity index (χ2v) is 6.05. The van der Waals surface area contributed by atoms with Gasteiger partial charge in [0, 0.05) is 19.8 Å². The fourth-order valence-electron chi connectivity index (χ4n) is 2.59. The normalized spacial score (nSPS) is 12.1. The average molecular weight is 367 g/mol. The lowest BCUT2D eigenvalue weighted by molar-refractivity contribution is -0.119. The zero-order valence-electron chi connectivity index (χ0n) is 15.1. The molecule has 0 aliphatic carbocycles.